The number of likely N-dealkylation sites (N-methyl/N-ethyl adjacent to an activating group) is 1. The van der Waals surface area contributed by atoms with Crippen LogP contribution in [0.5, 0.6) is 5.75 Å². The number of para-hydroxylation sites is 2. The van der Waals surface area contributed by atoms with Crippen LogP contribution in [-0.4, -0.2) is 42.6 Å². The largest absolute Gasteiger partial charge is 0.484 e. The number of anilines is 2. The number of hydrogen-bond donors (Lipinski definition) is 0. The lowest BCUT2D eigenvalue weighted by molar-refractivity contribution is -0.120. The molecule has 0 saturated heterocycles. The van der Waals surface area contributed by atoms with E-state index in [4.69, 9.17) is 19.1 Å². The number of furan rings is 1. The Balaban J connectivity index is 1.25. The fourth-order valence-electron chi connectivity index (χ4n) is 4.68. The molecular formula is C25H24N4O3. The van der Waals surface area contributed by atoms with Crippen molar-refractivity contribution in [1.82, 2.24) is 9.97 Å². The molecule has 2 aromatic carbocycles. The highest BCUT2D eigenvalue weighted by molar-refractivity contribution is 5.98. The number of nitrogens with zero attached hydrogens (tertiary/aromatic N) is 4. The van der Waals surface area contributed by atoms with Crippen molar-refractivity contribution in [2.24, 2.45) is 0 Å². The van der Waals surface area contributed by atoms with Crippen molar-refractivity contribution in [3.8, 4) is 5.75 Å². The van der Waals surface area contributed by atoms with Gasteiger partial charge in [-0.2, -0.15) is 0 Å². The topological polar surface area (TPSA) is 71.7 Å². The third-order valence-corrected chi connectivity index (χ3v) is 6.40. The Bertz CT molecular complexity index is 1350. The summed E-state index contributed by atoms with van der Waals surface area (Å²) in [6, 6.07) is 13.5. The van der Waals surface area contributed by atoms with Gasteiger partial charge in [-0.05, 0) is 49.6 Å². The minimum atomic E-state index is -0.127. The molecule has 1 amide bonds. The number of carbonyl (C=O) groups excluding carboxylic acids is 1. The Morgan fingerprint density at radius 3 is 2.66 bits per heavy atom. The highest BCUT2D eigenvalue weighted by Crippen LogP contribution is 2.34. The van der Waals surface area contributed by atoms with Crippen LogP contribution in [0, 0.1) is 0 Å². The van der Waals surface area contributed by atoms with Gasteiger partial charge in [-0.25, -0.2) is 9.97 Å². The zero-order valence-corrected chi connectivity index (χ0v) is 18.0. The number of rotatable bonds is 3. The molecule has 3 heterocycles. The zero-order chi connectivity index (χ0) is 21.7. The minimum absolute atomic E-state index is 0.0524. The molecule has 2 aromatic heterocycles. The van der Waals surface area contributed by atoms with Gasteiger partial charge in [0, 0.05) is 37.5 Å². The molecule has 0 atom stereocenters. The van der Waals surface area contributed by atoms with Crippen LogP contribution in [0.4, 0.5) is 11.6 Å². The first kappa shape index (κ1) is 19.1. The molecule has 4 aromatic rings. The van der Waals surface area contributed by atoms with Gasteiger partial charge in [0.15, 0.2) is 18.2 Å². The van der Waals surface area contributed by atoms with Gasteiger partial charge in [-0.3, -0.25) is 9.69 Å². The van der Waals surface area contributed by atoms with Crippen LogP contribution in [0.3, 0.4) is 0 Å². The van der Waals surface area contributed by atoms with E-state index in [1.807, 2.05) is 54.4 Å². The van der Waals surface area contributed by atoms with E-state index in [1.165, 1.54) is 18.4 Å². The molecule has 6 rings (SSSR count). The summed E-state index contributed by atoms with van der Waals surface area (Å²) in [5, 5.41) is 1.10. The third-order valence-electron chi connectivity index (χ3n) is 6.40. The summed E-state index contributed by atoms with van der Waals surface area (Å²) >= 11 is 0. The molecular weight excluding hydrogens is 404 g/mol. The van der Waals surface area contributed by atoms with Gasteiger partial charge in [-0.15, -0.1) is 0 Å². The van der Waals surface area contributed by atoms with Gasteiger partial charge in [0.25, 0.3) is 5.91 Å². The molecule has 32 heavy (non-hydrogen) atoms. The van der Waals surface area contributed by atoms with Crippen molar-refractivity contribution >= 4 is 39.5 Å². The highest BCUT2D eigenvalue weighted by Gasteiger charge is 2.29. The smallest absolute Gasteiger partial charge is 0.266 e. The Labute approximate surface area is 185 Å². The second-order valence-corrected chi connectivity index (χ2v) is 8.48. The lowest BCUT2D eigenvalue weighted by atomic mass is 9.96. The third kappa shape index (κ3) is 3.16. The van der Waals surface area contributed by atoms with E-state index in [-0.39, 0.29) is 12.5 Å². The average Bonchev–Trinajstić information content (AvgIpc) is 3.20. The molecule has 2 aliphatic rings. The van der Waals surface area contributed by atoms with Crippen molar-refractivity contribution < 1.29 is 13.9 Å². The number of amides is 1. The minimum Gasteiger partial charge on any atom is -0.484 e. The summed E-state index contributed by atoms with van der Waals surface area (Å²) in [4.78, 5) is 26.3. The molecule has 0 spiro atoms. The Hall–Kier alpha value is -3.61. The predicted molar refractivity (Wildman–Crippen MR) is 124 cm³/mol. The van der Waals surface area contributed by atoms with Crippen LogP contribution in [0.15, 0.2) is 46.9 Å². The maximum absolute atomic E-state index is 13.1. The molecule has 0 fully saturated rings. The van der Waals surface area contributed by atoms with E-state index >= 15 is 0 Å². The lowest BCUT2D eigenvalue weighted by Crippen LogP contribution is -2.45. The maximum Gasteiger partial charge on any atom is 0.266 e. The molecule has 7 nitrogen and oxygen atoms in total. The lowest BCUT2D eigenvalue weighted by Gasteiger charge is -2.33. The van der Waals surface area contributed by atoms with E-state index in [0.29, 0.717) is 24.7 Å². The van der Waals surface area contributed by atoms with Gasteiger partial charge >= 0.3 is 0 Å². The first-order valence-electron chi connectivity index (χ1n) is 11.1. The zero-order valence-electron chi connectivity index (χ0n) is 18.0. The summed E-state index contributed by atoms with van der Waals surface area (Å²) < 4.78 is 11.9. The summed E-state index contributed by atoms with van der Waals surface area (Å²) in [7, 11) is 1.97. The second kappa shape index (κ2) is 7.51. The summed E-state index contributed by atoms with van der Waals surface area (Å²) in [6.07, 6.45) is 4.39. The molecule has 162 valence electrons. The van der Waals surface area contributed by atoms with E-state index < -0.39 is 0 Å². The number of fused-ring (bicyclic) bond motifs is 5. The first-order chi connectivity index (χ1) is 15.7. The van der Waals surface area contributed by atoms with E-state index in [0.717, 1.165) is 46.4 Å². The monoisotopic (exact) mass is 428 g/mol. The fourth-order valence-corrected chi connectivity index (χ4v) is 4.68. The van der Waals surface area contributed by atoms with Crippen molar-refractivity contribution in [3.05, 3.63) is 53.8 Å². The number of aryl methyl sites for hydroxylation is 2. The van der Waals surface area contributed by atoms with Crippen molar-refractivity contribution in [3.63, 3.8) is 0 Å². The maximum atomic E-state index is 13.1. The number of hydrogen-bond acceptors (Lipinski definition) is 6. The number of benzene rings is 2. The van der Waals surface area contributed by atoms with Crippen LogP contribution in [-0.2, 0) is 17.6 Å². The van der Waals surface area contributed by atoms with Crippen molar-refractivity contribution in [2.75, 3.05) is 36.5 Å². The molecule has 0 saturated carbocycles. The molecule has 1 aliphatic heterocycles. The van der Waals surface area contributed by atoms with E-state index in [1.54, 1.807) is 4.90 Å². The van der Waals surface area contributed by atoms with Crippen LogP contribution in [0.25, 0.3) is 22.0 Å². The Morgan fingerprint density at radius 2 is 1.81 bits per heavy atom. The quantitative estimate of drug-likeness (QED) is 0.489. The van der Waals surface area contributed by atoms with E-state index in [2.05, 4.69) is 0 Å². The number of ether oxygens (including phenoxy) is 1. The van der Waals surface area contributed by atoms with Crippen molar-refractivity contribution in [2.45, 2.75) is 25.7 Å². The van der Waals surface area contributed by atoms with Crippen LogP contribution < -0.4 is 14.5 Å². The summed E-state index contributed by atoms with van der Waals surface area (Å²) in [6.45, 7) is 1.19. The second-order valence-electron chi connectivity index (χ2n) is 8.48. The Morgan fingerprint density at radius 1 is 1.03 bits per heavy atom. The molecule has 0 bridgehead atoms. The summed E-state index contributed by atoms with van der Waals surface area (Å²) in [5.41, 5.74) is 3.78. The van der Waals surface area contributed by atoms with Gasteiger partial charge in [0.1, 0.15) is 17.1 Å². The van der Waals surface area contributed by atoms with Gasteiger partial charge < -0.3 is 14.1 Å². The van der Waals surface area contributed by atoms with E-state index in [9.17, 15) is 4.79 Å². The van der Waals surface area contributed by atoms with Gasteiger partial charge in [-0.1, -0.05) is 12.1 Å². The molecule has 0 unspecified atom stereocenters. The van der Waals surface area contributed by atoms with Crippen molar-refractivity contribution in [1.29, 1.82) is 0 Å². The SMILES string of the molecule is CN1CCN(C(=O)COc2ccc3oc4c(c3c2)CCCC4)c2nc3ccccc3nc21. The highest BCUT2D eigenvalue weighted by atomic mass is 16.5. The normalized spacial score (nSPS) is 15.7. The van der Waals surface area contributed by atoms with Gasteiger partial charge in [0.05, 0.1) is 11.0 Å². The average molecular weight is 428 g/mol. The fraction of sp³-hybridized carbons (Fsp3) is 0.320. The van der Waals surface area contributed by atoms with Crippen LogP contribution in [0.1, 0.15) is 24.2 Å². The molecule has 1 aliphatic carbocycles. The standard InChI is InChI=1S/C25H24N4O3/c1-28-12-13-29(25-24(28)26-19-7-3-4-8-20(19)27-25)23(30)15-31-16-10-11-22-18(14-16)17-6-2-5-9-21(17)32-22/h3-4,7-8,10-11,14H,2,5-6,9,12-13,15H2,1H3. The summed E-state index contributed by atoms with van der Waals surface area (Å²) in [5.74, 6) is 2.96. The number of carbonyl (C=O) groups is 1. The Kier molecular flexibility index (Phi) is 4.48. The van der Waals surface area contributed by atoms with Crippen LogP contribution in [0.2, 0.25) is 0 Å². The van der Waals surface area contributed by atoms with Gasteiger partial charge in [0.2, 0.25) is 0 Å². The molecule has 0 N–H and O–H groups in total. The predicted octanol–water partition coefficient (Wildman–Crippen LogP) is 4.12. The van der Waals surface area contributed by atoms with Crippen LogP contribution >= 0.6 is 0 Å². The first-order valence-corrected chi connectivity index (χ1v) is 11.1. The number of aromatic nitrogens is 2. The molecule has 7 heteroatoms. The molecule has 0 radical (unpaired) electrons.